The predicted molar refractivity (Wildman–Crippen MR) is 84.2 cm³/mol. The Balaban J connectivity index is 1.82. The number of ether oxygens (including phenoxy) is 1. The second kappa shape index (κ2) is 7.14. The molecule has 1 aromatic carbocycles. The van der Waals surface area contributed by atoms with Crippen LogP contribution in [0.4, 0.5) is 0 Å². The van der Waals surface area contributed by atoms with Crippen molar-refractivity contribution in [3.05, 3.63) is 29.3 Å². The van der Waals surface area contributed by atoms with Gasteiger partial charge in [0.15, 0.2) is 6.61 Å². The summed E-state index contributed by atoms with van der Waals surface area (Å²) in [5.41, 5.74) is 5.60. The van der Waals surface area contributed by atoms with E-state index in [1.165, 1.54) is 0 Å². The topological polar surface area (TPSA) is 91.2 Å². The van der Waals surface area contributed by atoms with Crippen LogP contribution in [0.1, 0.15) is 36.8 Å². The van der Waals surface area contributed by atoms with Crippen LogP contribution in [0.25, 0.3) is 0 Å². The maximum Gasteiger partial charge on any atom is 0.276 e. The molecule has 1 aliphatic carbocycles. The number of nitrogens with zero attached hydrogens (tertiary/aromatic N) is 1. The number of carbonyl (C=O) groups is 2. The largest absolute Gasteiger partial charge is 0.483 e. The van der Waals surface area contributed by atoms with Crippen molar-refractivity contribution in [3.8, 4) is 11.8 Å². The highest BCUT2D eigenvalue weighted by atomic mass is 16.5. The lowest BCUT2D eigenvalue weighted by atomic mass is 9.87. The molecule has 122 valence electrons. The van der Waals surface area contributed by atoms with Gasteiger partial charge in [0.1, 0.15) is 11.2 Å². The van der Waals surface area contributed by atoms with Crippen LogP contribution in [0.15, 0.2) is 18.2 Å². The molecule has 1 aromatic rings. The van der Waals surface area contributed by atoms with Gasteiger partial charge in [-0.25, -0.2) is 0 Å². The van der Waals surface area contributed by atoms with Crippen LogP contribution in [0.3, 0.4) is 0 Å². The fourth-order valence-electron chi connectivity index (χ4n) is 2.66. The summed E-state index contributed by atoms with van der Waals surface area (Å²) in [4.78, 5) is 23.9. The van der Waals surface area contributed by atoms with E-state index in [4.69, 9.17) is 4.74 Å². The molecule has 2 N–H and O–H groups in total. The van der Waals surface area contributed by atoms with Gasteiger partial charge in [0.2, 0.25) is 0 Å². The Morgan fingerprint density at radius 3 is 2.61 bits per heavy atom. The maximum atomic E-state index is 12.1. The summed E-state index contributed by atoms with van der Waals surface area (Å²) in [5.74, 6) is -0.279. The van der Waals surface area contributed by atoms with E-state index in [1.807, 2.05) is 32.0 Å². The van der Waals surface area contributed by atoms with Crippen LogP contribution in [-0.4, -0.2) is 18.4 Å². The number of hydrazine groups is 1. The zero-order valence-corrected chi connectivity index (χ0v) is 13.4. The summed E-state index contributed by atoms with van der Waals surface area (Å²) in [5, 5.41) is 9.21. The van der Waals surface area contributed by atoms with Crippen LogP contribution >= 0.6 is 0 Å². The molecular weight excluding hydrogens is 294 g/mol. The van der Waals surface area contributed by atoms with E-state index < -0.39 is 17.2 Å². The number of carbonyl (C=O) groups excluding carboxylic acids is 2. The molecule has 1 saturated carbocycles. The molecule has 0 heterocycles. The molecule has 0 aromatic heterocycles. The van der Waals surface area contributed by atoms with Crippen LogP contribution in [0.2, 0.25) is 0 Å². The molecule has 6 nitrogen and oxygen atoms in total. The predicted octanol–water partition coefficient (Wildman–Crippen LogP) is 1.91. The van der Waals surface area contributed by atoms with Gasteiger partial charge in [-0.2, -0.15) is 5.26 Å². The van der Waals surface area contributed by atoms with E-state index in [0.717, 1.165) is 24.0 Å². The first-order valence-electron chi connectivity index (χ1n) is 7.67. The molecule has 0 atom stereocenters. The normalized spacial score (nSPS) is 15.5. The Morgan fingerprint density at radius 2 is 1.96 bits per heavy atom. The number of amides is 2. The lowest BCUT2D eigenvalue weighted by Crippen LogP contribution is -2.49. The third-order valence-electron chi connectivity index (χ3n) is 4.12. The first-order valence-corrected chi connectivity index (χ1v) is 7.67. The molecule has 0 bridgehead atoms. The van der Waals surface area contributed by atoms with Gasteiger partial charge in [-0.15, -0.1) is 0 Å². The Hall–Kier alpha value is -2.55. The number of hydrogen-bond donors (Lipinski definition) is 2. The minimum atomic E-state index is -1.01. The van der Waals surface area contributed by atoms with Crippen molar-refractivity contribution in [1.82, 2.24) is 10.9 Å². The zero-order chi connectivity index (χ0) is 16.9. The summed E-state index contributed by atoms with van der Waals surface area (Å²) < 4.78 is 5.46. The molecule has 2 rings (SSSR count). The van der Waals surface area contributed by atoms with Crippen LogP contribution < -0.4 is 15.6 Å². The molecule has 0 unspecified atom stereocenters. The monoisotopic (exact) mass is 315 g/mol. The number of nitriles is 1. The van der Waals surface area contributed by atoms with Crippen molar-refractivity contribution in [1.29, 1.82) is 5.26 Å². The smallest absolute Gasteiger partial charge is 0.276 e. The molecule has 6 heteroatoms. The molecule has 1 fully saturated rings. The summed E-state index contributed by atoms with van der Waals surface area (Å²) in [6, 6.07) is 7.81. The molecule has 2 amide bonds. The Labute approximate surface area is 135 Å². The quantitative estimate of drug-likeness (QED) is 0.830. The molecule has 0 radical (unpaired) electrons. The first-order chi connectivity index (χ1) is 11.0. The van der Waals surface area contributed by atoms with E-state index in [0.29, 0.717) is 18.6 Å². The van der Waals surface area contributed by atoms with E-state index in [9.17, 15) is 14.9 Å². The van der Waals surface area contributed by atoms with E-state index in [2.05, 4.69) is 16.9 Å². The van der Waals surface area contributed by atoms with Crippen molar-refractivity contribution >= 4 is 11.8 Å². The van der Waals surface area contributed by atoms with E-state index >= 15 is 0 Å². The van der Waals surface area contributed by atoms with E-state index in [1.54, 1.807) is 0 Å². The highest BCUT2D eigenvalue weighted by Crippen LogP contribution is 2.37. The van der Waals surface area contributed by atoms with Crippen LogP contribution in [0.5, 0.6) is 5.75 Å². The molecular formula is C17H21N3O3. The third kappa shape index (κ3) is 4.01. The van der Waals surface area contributed by atoms with Gasteiger partial charge in [-0.05, 0) is 43.9 Å². The van der Waals surface area contributed by atoms with Gasteiger partial charge < -0.3 is 4.74 Å². The average molecular weight is 315 g/mol. The molecule has 1 aliphatic rings. The fourth-order valence-corrected chi connectivity index (χ4v) is 2.66. The average Bonchev–Trinajstić information content (AvgIpc) is 3.03. The summed E-state index contributed by atoms with van der Waals surface area (Å²) in [6.45, 7) is 3.63. The highest BCUT2D eigenvalue weighted by molar-refractivity contribution is 5.88. The molecule has 23 heavy (non-hydrogen) atoms. The van der Waals surface area contributed by atoms with Gasteiger partial charge >= 0.3 is 0 Å². The van der Waals surface area contributed by atoms with Gasteiger partial charge in [0.25, 0.3) is 11.8 Å². The van der Waals surface area contributed by atoms with Gasteiger partial charge in [-0.3, -0.25) is 20.4 Å². The van der Waals surface area contributed by atoms with Crippen molar-refractivity contribution in [3.63, 3.8) is 0 Å². The second-order valence-electron chi connectivity index (χ2n) is 5.96. The molecule has 0 saturated heterocycles. The Kier molecular flexibility index (Phi) is 5.22. The zero-order valence-electron chi connectivity index (χ0n) is 13.4. The number of nitrogens with one attached hydrogen (secondary N) is 2. The summed E-state index contributed by atoms with van der Waals surface area (Å²) >= 11 is 0. The fraction of sp³-hybridized carbons (Fsp3) is 0.471. The van der Waals surface area contributed by atoms with Gasteiger partial charge in [-0.1, -0.05) is 25.0 Å². The second-order valence-corrected chi connectivity index (χ2v) is 5.96. The molecule has 0 aliphatic heterocycles. The minimum Gasteiger partial charge on any atom is -0.483 e. The standard InChI is InChI=1S/C17H21N3O3/c1-12-5-6-13(2)14(9-12)23-10-15(21)19-20-16(22)17(11-18)7-3-4-8-17/h5-6,9H,3-4,7-8,10H2,1-2H3,(H,19,21)(H,20,22). The Bertz CT molecular complexity index is 643. The van der Waals surface area contributed by atoms with Crippen molar-refractivity contribution in [2.24, 2.45) is 5.41 Å². The lowest BCUT2D eigenvalue weighted by Gasteiger charge is -2.19. The lowest BCUT2D eigenvalue weighted by molar-refractivity contribution is -0.134. The Morgan fingerprint density at radius 1 is 1.26 bits per heavy atom. The van der Waals surface area contributed by atoms with Crippen LogP contribution in [0, 0.1) is 30.6 Å². The van der Waals surface area contributed by atoms with E-state index in [-0.39, 0.29) is 6.61 Å². The maximum absolute atomic E-state index is 12.1. The summed E-state index contributed by atoms with van der Waals surface area (Å²) in [6.07, 6.45) is 2.77. The highest BCUT2D eigenvalue weighted by Gasteiger charge is 2.41. The number of rotatable bonds is 4. The van der Waals surface area contributed by atoms with Gasteiger partial charge in [0.05, 0.1) is 6.07 Å². The van der Waals surface area contributed by atoms with Gasteiger partial charge in [0, 0.05) is 0 Å². The SMILES string of the molecule is Cc1ccc(C)c(OCC(=O)NNC(=O)C2(C#N)CCCC2)c1. The first kappa shape index (κ1) is 16.8. The number of benzene rings is 1. The molecule has 0 spiro atoms. The minimum absolute atomic E-state index is 0.204. The number of hydrogen-bond acceptors (Lipinski definition) is 4. The third-order valence-corrected chi connectivity index (χ3v) is 4.12. The number of aryl methyl sites for hydroxylation is 2. The van der Waals surface area contributed by atoms with Crippen LogP contribution in [-0.2, 0) is 9.59 Å². The van der Waals surface area contributed by atoms with Crippen molar-refractivity contribution in [2.75, 3.05) is 6.61 Å². The van der Waals surface area contributed by atoms with Crippen molar-refractivity contribution in [2.45, 2.75) is 39.5 Å². The summed E-state index contributed by atoms with van der Waals surface area (Å²) in [7, 11) is 0. The van der Waals surface area contributed by atoms with Crippen molar-refractivity contribution < 1.29 is 14.3 Å².